The van der Waals surface area contributed by atoms with E-state index < -0.39 is 6.16 Å². The molecule has 0 aromatic carbocycles. The van der Waals surface area contributed by atoms with Crippen molar-refractivity contribution in [2.75, 3.05) is 0 Å². The summed E-state index contributed by atoms with van der Waals surface area (Å²) in [4.78, 5) is 8.56. The van der Waals surface area contributed by atoms with E-state index in [9.17, 15) is 0 Å². The van der Waals surface area contributed by atoms with Gasteiger partial charge in [0.25, 0.3) is 0 Å². The van der Waals surface area contributed by atoms with Gasteiger partial charge in [-0.1, -0.05) is 0 Å². The second kappa shape index (κ2) is 10.9. The molecule has 3 nitrogen and oxygen atoms in total. The molecule has 0 saturated carbocycles. The van der Waals surface area contributed by atoms with E-state index in [0.29, 0.717) is 0 Å². The Labute approximate surface area is 137 Å². The Kier molecular flexibility index (Phi) is 28.9. The third-order valence-electron chi connectivity index (χ3n) is 0. The zero-order valence-corrected chi connectivity index (χ0v) is 1.80. The summed E-state index contributed by atoms with van der Waals surface area (Å²) in [5, 5.41) is 13.9. The van der Waals surface area contributed by atoms with Crippen molar-refractivity contribution in [1.82, 2.24) is 0 Å². The van der Waals surface area contributed by atoms with Crippen LogP contribution < -0.4 is 0 Å². The maximum absolute atomic E-state index is 8.56. The van der Waals surface area contributed by atoms with Gasteiger partial charge in [0.15, 0.2) is 0 Å². The predicted octanol–water partition coefficient (Wildman–Crippen LogP) is -1.07. The van der Waals surface area contributed by atoms with Crippen molar-refractivity contribution in [2.24, 2.45) is 0 Å². The molecular formula is CH4CsKO3. The number of hydrogen-bond donors (Lipinski definition) is 2. The normalized spacial score (nSPS) is 4.00. The molecule has 0 bridgehead atoms. The predicted molar refractivity (Wildman–Crippen MR) is 25.0 cm³/mol. The zero-order valence-electron chi connectivity index (χ0n) is 1.80. The molecule has 0 spiro atoms. The molecule has 6 heavy (non-hydrogen) atoms. The van der Waals surface area contributed by atoms with Crippen LogP contribution in [0.3, 0.4) is 0 Å². The van der Waals surface area contributed by atoms with Crippen LogP contribution in [0.4, 0.5) is 4.79 Å². The summed E-state index contributed by atoms with van der Waals surface area (Å²) in [6.45, 7) is 0. The summed E-state index contributed by atoms with van der Waals surface area (Å²) >= 11 is 0. The van der Waals surface area contributed by atoms with Crippen LogP contribution in [0.5, 0.6) is 0 Å². The standard InChI is InChI=1S/CH2O3.Cs.K.2H/c2-1(3)4;;;;/h(H2,2,3,4);;;;. The van der Waals surface area contributed by atoms with Crippen molar-refractivity contribution in [3.8, 4) is 0 Å². The van der Waals surface area contributed by atoms with E-state index in [1.165, 1.54) is 0 Å². The molecule has 0 unspecified atom stereocenters. The third kappa shape index (κ3) is 28.2. The molecule has 0 aliphatic rings. The van der Waals surface area contributed by atoms with Gasteiger partial charge >= 0.3 is 126 Å². The van der Waals surface area contributed by atoms with Crippen molar-refractivity contribution >= 4 is 126 Å². The molecule has 0 amide bonds. The Morgan fingerprint density at radius 2 is 1.33 bits per heavy atom. The number of carboxylic acid groups (broad SMARTS) is 2. The van der Waals surface area contributed by atoms with Crippen molar-refractivity contribution in [2.45, 2.75) is 0 Å². The Bertz CT molecular complexity index is 33.8. The number of hydrogen-bond acceptors (Lipinski definition) is 1. The molecule has 0 radical (unpaired) electrons. The first kappa shape index (κ1) is 16.0. The van der Waals surface area contributed by atoms with E-state index in [1.807, 2.05) is 0 Å². The number of rotatable bonds is 0. The number of carbonyl (C=O) groups is 1. The van der Waals surface area contributed by atoms with E-state index in [-0.39, 0.29) is 120 Å². The summed E-state index contributed by atoms with van der Waals surface area (Å²) in [7, 11) is 0. The van der Waals surface area contributed by atoms with Crippen molar-refractivity contribution in [3.63, 3.8) is 0 Å². The fourth-order valence-corrected chi connectivity index (χ4v) is 0. The van der Waals surface area contributed by atoms with Crippen LogP contribution in [0.2, 0.25) is 0 Å². The van der Waals surface area contributed by atoms with E-state index in [0.717, 1.165) is 0 Å². The van der Waals surface area contributed by atoms with Gasteiger partial charge in [-0.25, -0.2) is 4.79 Å². The first-order valence-corrected chi connectivity index (χ1v) is 0.651. The van der Waals surface area contributed by atoms with Crippen molar-refractivity contribution in [3.05, 3.63) is 0 Å². The average molecular weight is 236 g/mol. The van der Waals surface area contributed by atoms with Crippen LogP contribution in [0, 0.1) is 0 Å². The minimum absolute atomic E-state index is 0. The van der Waals surface area contributed by atoms with Gasteiger partial charge in [0.05, 0.1) is 0 Å². The summed E-state index contributed by atoms with van der Waals surface area (Å²) in [5.74, 6) is 0. The molecule has 5 heteroatoms. The van der Waals surface area contributed by atoms with Crippen molar-refractivity contribution < 1.29 is 15.0 Å². The van der Waals surface area contributed by atoms with Crippen LogP contribution >= 0.6 is 0 Å². The molecule has 0 rings (SSSR count). The van der Waals surface area contributed by atoms with E-state index in [1.54, 1.807) is 0 Å². The fourth-order valence-electron chi connectivity index (χ4n) is 0. The summed E-state index contributed by atoms with van der Waals surface area (Å²) < 4.78 is 0. The maximum atomic E-state index is 8.56. The first-order valence-electron chi connectivity index (χ1n) is 0.651. The average Bonchev–Trinajstić information content (AvgIpc) is 0.811. The van der Waals surface area contributed by atoms with Crippen LogP contribution in [0.25, 0.3) is 0 Å². The monoisotopic (exact) mass is 236 g/mol. The van der Waals surface area contributed by atoms with Gasteiger partial charge in [0.2, 0.25) is 0 Å². The molecule has 0 aromatic heterocycles. The second-order valence-corrected chi connectivity index (χ2v) is 0.283. The zero-order chi connectivity index (χ0) is 3.58. The Hall–Kier alpha value is 2.96. The Morgan fingerprint density at radius 1 is 1.33 bits per heavy atom. The van der Waals surface area contributed by atoms with Gasteiger partial charge < -0.3 is 10.2 Å². The Morgan fingerprint density at radius 3 is 1.33 bits per heavy atom. The summed E-state index contributed by atoms with van der Waals surface area (Å²) in [6.07, 6.45) is -1.83. The molecule has 0 aliphatic carbocycles. The van der Waals surface area contributed by atoms with Gasteiger partial charge in [-0.15, -0.1) is 0 Å². The van der Waals surface area contributed by atoms with Crippen LogP contribution in [-0.2, 0) is 0 Å². The van der Waals surface area contributed by atoms with Crippen LogP contribution in [0.1, 0.15) is 0 Å². The van der Waals surface area contributed by atoms with Gasteiger partial charge in [-0.2, -0.15) is 0 Å². The molecule has 0 fully saturated rings. The third-order valence-corrected chi connectivity index (χ3v) is 0. The van der Waals surface area contributed by atoms with E-state index in [2.05, 4.69) is 0 Å². The SMILES string of the molecule is O=C(O)O.[CsH].[KH]. The summed E-state index contributed by atoms with van der Waals surface area (Å²) in [5.41, 5.74) is 0. The molecule has 0 heterocycles. The molecule has 0 atom stereocenters. The summed E-state index contributed by atoms with van der Waals surface area (Å²) in [6, 6.07) is 0. The second-order valence-electron chi connectivity index (χ2n) is 0.283. The minimum atomic E-state index is -1.83. The fraction of sp³-hybridized carbons (Fsp3) is 0. The molecule has 2 N–H and O–H groups in total. The Balaban J connectivity index is -0.0000000450. The topological polar surface area (TPSA) is 57.5 Å². The molecule has 28 valence electrons. The van der Waals surface area contributed by atoms with Gasteiger partial charge in [-0.05, 0) is 0 Å². The first-order chi connectivity index (χ1) is 1.73. The van der Waals surface area contributed by atoms with Gasteiger partial charge in [0.1, 0.15) is 0 Å². The molecular weight excluding hydrogens is 232 g/mol. The van der Waals surface area contributed by atoms with E-state index in [4.69, 9.17) is 15.0 Å². The molecule has 0 aromatic rings. The van der Waals surface area contributed by atoms with Crippen LogP contribution in [0.15, 0.2) is 0 Å². The van der Waals surface area contributed by atoms with E-state index >= 15 is 0 Å². The quantitative estimate of drug-likeness (QED) is 0.526. The van der Waals surface area contributed by atoms with Gasteiger partial charge in [0, 0.05) is 0 Å². The molecule has 0 saturated heterocycles. The van der Waals surface area contributed by atoms with Crippen molar-refractivity contribution in [1.29, 1.82) is 0 Å². The molecule has 0 aliphatic heterocycles. The van der Waals surface area contributed by atoms with Gasteiger partial charge in [-0.3, -0.25) is 0 Å². The van der Waals surface area contributed by atoms with Crippen LogP contribution in [-0.4, -0.2) is 137 Å².